The second-order valence-corrected chi connectivity index (χ2v) is 3.33. The minimum atomic E-state index is 1.06. The molecule has 0 saturated heterocycles. The van der Waals surface area contributed by atoms with Crippen molar-refractivity contribution < 1.29 is 0 Å². The van der Waals surface area contributed by atoms with Crippen LogP contribution in [0.15, 0.2) is 24.3 Å². The van der Waals surface area contributed by atoms with Crippen molar-refractivity contribution in [2.45, 2.75) is 19.8 Å². The number of aryl methyl sites for hydroxylation is 2. The van der Waals surface area contributed by atoms with E-state index in [0.717, 1.165) is 18.4 Å². The van der Waals surface area contributed by atoms with Crippen molar-refractivity contribution >= 4 is 11.0 Å². The third-order valence-corrected chi connectivity index (χ3v) is 2.35. The molecule has 0 radical (unpaired) electrons. The van der Waals surface area contributed by atoms with Gasteiger partial charge in [0.2, 0.25) is 0 Å². The summed E-state index contributed by atoms with van der Waals surface area (Å²) in [5.74, 6) is 1.18. The maximum absolute atomic E-state index is 4.56. The number of rotatable bonds is 2. The highest BCUT2D eigenvalue weighted by Gasteiger charge is 2.04. The summed E-state index contributed by atoms with van der Waals surface area (Å²) in [7, 11) is 2.08. The van der Waals surface area contributed by atoms with Crippen molar-refractivity contribution in [3.05, 3.63) is 30.1 Å². The summed E-state index contributed by atoms with van der Waals surface area (Å²) in [6.07, 6.45) is 2.21. The molecule has 0 amide bonds. The first-order valence-corrected chi connectivity index (χ1v) is 4.73. The molecule has 2 nitrogen and oxygen atoms in total. The van der Waals surface area contributed by atoms with Crippen molar-refractivity contribution in [3.63, 3.8) is 0 Å². The lowest BCUT2D eigenvalue weighted by Gasteiger charge is -1.98. The Morgan fingerprint density at radius 3 is 2.77 bits per heavy atom. The predicted molar refractivity (Wildman–Crippen MR) is 54.7 cm³/mol. The van der Waals surface area contributed by atoms with Crippen LogP contribution in [0.2, 0.25) is 0 Å². The first-order valence-electron chi connectivity index (χ1n) is 4.73. The molecule has 1 heterocycles. The molecular weight excluding hydrogens is 160 g/mol. The van der Waals surface area contributed by atoms with E-state index in [1.165, 1.54) is 11.3 Å². The summed E-state index contributed by atoms with van der Waals surface area (Å²) in [6.45, 7) is 2.18. The Balaban J connectivity index is 2.60. The fraction of sp³-hybridized carbons (Fsp3) is 0.364. The molecule has 2 heteroatoms. The van der Waals surface area contributed by atoms with Crippen molar-refractivity contribution in [1.29, 1.82) is 0 Å². The summed E-state index contributed by atoms with van der Waals surface area (Å²) >= 11 is 0. The van der Waals surface area contributed by atoms with E-state index in [-0.39, 0.29) is 0 Å². The molecule has 0 atom stereocenters. The fourth-order valence-corrected chi connectivity index (χ4v) is 1.64. The van der Waals surface area contributed by atoms with Crippen molar-refractivity contribution in [1.82, 2.24) is 9.55 Å². The van der Waals surface area contributed by atoms with Gasteiger partial charge < -0.3 is 4.57 Å². The van der Waals surface area contributed by atoms with Crippen LogP contribution in [-0.4, -0.2) is 9.55 Å². The molecule has 0 spiro atoms. The van der Waals surface area contributed by atoms with Gasteiger partial charge in [0.25, 0.3) is 0 Å². The second kappa shape index (κ2) is 3.21. The van der Waals surface area contributed by atoms with E-state index in [1.807, 2.05) is 6.07 Å². The lowest BCUT2D eigenvalue weighted by Crippen LogP contribution is -1.96. The van der Waals surface area contributed by atoms with Crippen LogP contribution in [0.25, 0.3) is 11.0 Å². The normalized spacial score (nSPS) is 10.9. The Morgan fingerprint density at radius 1 is 1.31 bits per heavy atom. The maximum Gasteiger partial charge on any atom is 0.109 e. The smallest absolute Gasteiger partial charge is 0.109 e. The van der Waals surface area contributed by atoms with E-state index < -0.39 is 0 Å². The molecule has 0 unspecified atom stereocenters. The highest BCUT2D eigenvalue weighted by molar-refractivity contribution is 5.75. The zero-order valence-corrected chi connectivity index (χ0v) is 8.12. The van der Waals surface area contributed by atoms with Crippen LogP contribution in [0.1, 0.15) is 19.2 Å². The lowest BCUT2D eigenvalue weighted by atomic mass is 10.3. The zero-order chi connectivity index (χ0) is 9.26. The number of nitrogens with zero attached hydrogens (tertiary/aromatic N) is 2. The molecule has 0 aliphatic carbocycles. The lowest BCUT2D eigenvalue weighted by molar-refractivity contribution is 0.773. The van der Waals surface area contributed by atoms with Gasteiger partial charge in [0.1, 0.15) is 5.82 Å². The number of hydrogen-bond donors (Lipinski definition) is 0. The van der Waals surface area contributed by atoms with Gasteiger partial charge in [0.05, 0.1) is 11.0 Å². The van der Waals surface area contributed by atoms with E-state index in [9.17, 15) is 0 Å². The van der Waals surface area contributed by atoms with Gasteiger partial charge in [-0.05, 0) is 18.6 Å². The van der Waals surface area contributed by atoms with E-state index >= 15 is 0 Å². The molecule has 0 N–H and O–H groups in total. The highest BCUT2D eigenvalue weighted by atomic mass is 15.1. The van der Waals surface area contributed by atoms with Gasteiger partial charge in [0, 0.05) is 13.5 Å². The van der Waals surface area contributed by atoms with Crippen LogP contribution in [0.4, 0.5) is 0 Å². The molecule has 0 aliphatic heterocycles. The van der Waals surface area contributed by atoms with Crippen LogP contribution in [0.3, 0.4) is 0 Å². The highest BCUT2D eigenvalue weighted by Crippen LogP contribution is 2.14. The number of aromatic nitrogens is 2. The molecule has 1 aromatic carbocycles. The molecule has 0 aliphatic rings. The van der Waals surface area contributed by atoms with Crippen LogP contribution in [0, 0.1) is 0 Å². The van der Waals surface area contributed by atoms with Gasteiger partial charge in [-0.1, -0.05) is 19.1 Å². The van der Waals surface area contributed by atoms with Crippen LogP contribution >= 0.6 is 0 Å². The molecule has 13 heavy (non-hydrogen) atoms. The Kier molecular flexibility index (Phi) is 2.05. The summed E-state index contributed by atoms with van der Waals surface area (Å²) in [5.41, 5.74) is 2.33. The Hall–Kier alpha value is -1.31. The summed E-state index contributed by atoms with van der Waals surface area (Å²) < 4.78 is 2.18. The average molecular weight is 174 g/mol. The van der Waals surface area contributed by atoms with Gasteiger partial charge in [-0.2, -0.15) is 0 Å². The first-order chi connectivity index (χ1) is 6.33. The first kappa shape index (κ1) is 8.30. The number of fused-ring (bicyclic) bond motifs is 1. The molecule has 2 aromatic rings. The Morgan fingerprint density at radius 2 is 2.08 bits per heavy atom. The standard InChI is InChI=1S/C11H14N2/c1-3-6-11-12-9-7-4-5-8-10(9)13(11)2/h4-5,7-8H,3,6H2,1-2H3. The summed E-state index contributed by atoms with van der Waals surface area (Å²) in [6, 6.07) is 8.26. The number of para-hydroxylation sites is 2. The van der Waals surface area contributed by atoms with Crippen molar-refractivity contribution in [2.75, 3.05) is 0 Å². The quantitative estimate of drug-likeness (QED) is 0.684. The predicted octanol–water partition coefficient (Wildman–Crippen LogP) is 2.53. The molecule has 0 bridgehead atoms. The minimum Gasteiger partial charge on any atom is -0.331 e. The van der Waals surface area contributed by atoms with Gasteiger partial charge in [-0.15, -0.1) is 0 Å². The van der Waals surface area contributed by atoms with Crippen LogP contribution in [-0.2, 0) is 13.5 Å². The maximum atomic E-state index is 4.56. The Labute approximate surface area is 78.2 Å². The molecule has 2 rings (SSSR count). The molecule has 1 aromatic heterocycles. The van der Waals surface area contributed by atoms with Gasteiger partial charge >= 0.3 is 0 Å². The third-order valence-electron chi connectivity index (χ3n) is 2.35. The molecule has 0 saturated carbocycles. The largest absolute Gasteiger partial charge is 0.331 e. The Bertz CT molecular complexity index is 415. The van der Waals surface area contributed by atoms with Gasteiger partial charge in [0.15, 0.2) is 0 Å². The van der Waals surface area contributed by atoms with Crippen LogP contribution in [0.5, 0.6) is 0 Å². The monoisotopic (exact) mass is 174 g/mol. The zero-order valence-electron chi connectivity index (χ0n) is 8.12. The number of imidazole rings is 1. The summed E-state index contributed by atoms with van der Waals surface area (Å²) in [4.78, 5) is 4.56. The van der Waals surface area contributed by atoms with Crippen molar-refractivity contribution in [2.24, 2.45) is 7.05 Å². The topological polar surface area (TPSA) is 17.8 Å². The van der Waals surface area contributed by atoms with Crippen LogP contribution < -0.4 is 0 Å². The minimum absolute atomic E-state index is 1.06. The van der Waals surface area contributed by atoms with Gasteiger partial charge in [-0.3, -0.25) is 0 Å². The van der Waals surface area contributed by atoms with E-state index in [0.29, 0.717) is 0 Å². The SMILES string of the molecule is CCCc1nc2ccccc2n1C. The summed E-state index contributed by atoms with van der Waals surface area (Å²) in [5, 5.41) is 0. The van der Waals surface area contributed by atoms with Gasteiger partial charge in [-0.25, -0.2) is 4.98 Å². The third kappa shape index (κ3) is 1.32. The second-order valence-electron chi connectivity index (χ2n) is 3.33. The van der Waals surface area contributed by atoms with E-state index in [1.54, 1.807) is 0 Å². The molecule has 68 valence electrons. The fourth-order valence-electron chi connectivity index (χ4n) is 1.64. The molecule has 0 fully saturated rings. The van der Waals surface area contributed by atoms with E-state index in [4.69, 9.17) is 0 Å². The number of hydrogen-bond acceptors (Lipinski definition) is 1. The average Bonchev–Trinajstić information content (AvgIpc) is 2.46. The van der Waals surface area contributed by atoms with Crippen molar-refractivity contribution in [3.8, 4) is 0 Å². The molecular formula is C11H14N2. The van der Waals surface area contributed by atoms with E-state index in [2.05, 4.69) is 41.7 Å². The number of benzene rings is 1.